The highest BCUT2D eigenvalue weighted by molar-refractivity contribution is 5.70. The summed E-state index contributed by atoms with van der Waals surface area (Å²) >= 11 is 0. The predicted octanol–water partition coefficient (Wildman–Crippen LogP) is 2.00. The van der Waals surface area contributed by atoms with Crippen molar-refractivity contribution in [3.8, 4) is 0 Å². The molecule has 0 aromatic carbocycles. The molecule has 84 valence electrons. The third kappa shape index (κ3) is 5.85. The van der Waals surface area contributed by atoms with Gasteiger partial charge in [-0.15, -0.1) is 0 Å². The van der Waals surface area contributed by atoms with E-state index in [1.54, 1.807) is 6.92 Å². The van der Waals surface area contributed by atoms with Crippen molar-refractivity contribution in [1.29, 1.82) is 0 Å². The second-order valence-electron chi connectivity index (χ2n) is 3.14. The molecule has 3 nitrogen and oxygen atoms in total. The molecule has 1 atom stereocenters. The lowest BCUT2D eigenvalue weighted by Crippen LogP contribution is -2.29. The zero-order chi connectivity index (χ0) is 11.2. The molecule has 0 heterocycles. The van der Waals surface area contributed by atoms with Gasteiger partial charge in [0, 0.05) is 0 Å². The smallest absolute Gasteiger partial charge is 0.311 e. The number of methoxy groups -OCH3 is 1. The number of alkyl halides is 2. The van der Waals surface area contributed by atoms with Crippen molar-refractivity contribution >= 4 is 5.97 Å². The first kappa shape index (κ1) is 13.3. The van der Waals surface area contributed by atoms with Gasteiger partial charge in [-0.25, -0.2) is 8.78 Å². The van der Waals surface area contributed by atoms with Crippen LogP contribution in [0, 0.1) is 0 Å². The highest BCUT2D eigenvalue weighted by Gasteiger charge is 2.33. The number of carbonyl (C=O) groups excluding carboxylic acids is 1. The van der Waals surface area contributed by atoms with E-state index >= 15 is 0 Å². The average molecular weight is 210 g/mol. The number of carbonyl (C=O) groups is 1. The Morgan fingerprint density at radius 3 is 2.50 bits per heavy atom. The maximum Gasteiger partial charge on any atom is 0.311 e. The van der Waals surface area contributed by atoms with Gasteiger partial charge in [-0.05, 0) is 13.3 Å². The van der Waals surface area contributed by atoms with Crippen LogP contribution in [-0.2, 0) is 14.3 Å². The van der Waals surface area contributed by atoms with Crippen molar-refractivity contribution in [2.45, 2.75) is 38.7 Å². The molecule has 0 bridgehead atoms. The summed E-state index contributed by atoms with van der Waals surface area (Å²) < 4.78 is 34.9. The van der Waals surface area contributed by atoms with E-state index in [1.807, 2.05) is 6.92 Å². The number of rotatable bonds is 6. The fourth-order valence-electron chi connectivity index (χ4n) is 0.716. The molecule has 0 N–H and O–H groups in total. The molecule has 0 saturated carbocycles. The Hall–Kier alpha value is -0.710. The molecule has 0 spiro atoms. The molecule has 0 fully saturated rings. The Bertz CT molecular complexity index is 183. The minimum atomic E-state index is -3.14. The van der Waals surface area contributed by atoms with Gasteiger partial charge in [-0.1, -0.05) is 6.92 Å². The molecule has 0 radical (unpaired) electrons. The number of halogens is 2. The second-order valence-corrected chi connectivity index (χ2v) is 3.14. The van der Waals surface area contributed by atoms with E-state index in [4.69, 9.17) is 4.74 Å². The first-order valence-corrected chi connectivity index (χ1v) is 4.47. The van der Waals surface area contributed by atoms with Gasteiger partial charge in [0.25, 0.3) is 5.92 Å². The zero-order valence-electron chi connectivity index (χ0n) is 8.68. The highest BCUT2D eigenvalue weighted by Crippen LogP contribution is 2.20. The van der Waals surface area contributed by atoms with Crippen molar-refractivity contribution < 1.29 is 23.0 Å². The van der Waals surface area contributed by atoms with E-state index < -0.39 is 24.9 Å². The molecule has 0 aromatic heterocycles. The van der Waals surface area contributed by atoms with Crippen molar-refractivity contribution in [1.82, 2.24) is 0 Å². The van der Waals surface area contributed by atoms with Gasteiger partial charge in [-0.3, -0.25) is 4.79 Å². The van der Waals surface area contributed by atoms with Crippen LogP contribution in [0.1, 0.15) is 26.7 Å². The summed E-state index contributed by atoms with van der Waals surface area (Å²) in [6.45, 7) is 2.80. The maximum atomic E-state index is 12.9. The van der Waals surface area contributed by atoms with Crippen LogP contribution in [0.15, 0.2) is 0 Å². The third-order valence-electron chi connectivity index (χ3n) is 1.78. The van der Waals surface area contributed by atoms with Crippen LogP contribution in [0.3, 0.4) is 0 Å². The normalized spacial score (nSPS) is 13.8. The van der Waals surface area contributed by atoms with Crippen LogP contribution in [-0.4, -0.2) is 31.7 Å². The highest BCUT2D eigenvalue weighted by atomic mass is 19.3. The molecular formula is C9H16F2O3. The van der Waals surface area contributed by atoms with E-state index in [2.05, 4.69) is 4.74 Å². The van der Waals surface area contributed by atoms with E-state index in [9.17, 15) is 13.6 Å². The average Bonchev–Trinajstić information content (AvgIpc) is 2.13. The Morgan fingerprint density at radius 1 is 1.50 bits per heavy atom. The fourth-order valence-corrected chi connectivity index (χ4v) is 0.716. The molecule has 0 amide bonds. The summed E-state index contributed by atoms with van der Waals surface area (Å²) in [6.07, 6.45) is -0.493. The van der Waals surface area contributed by atoms with E-state index in [0.717, 1.165) is 7.11 Å². The minimum Gasteiger partial charge on any atom is -0.469 e. The fraction of sp³-hybridized carbons (Fsp3) is 0.889. The summed E-state index contributed by atoms with van der Waals surface area (Å²) in [6, 6.07) is 0. The maximum absolute atomic E-state index is 12.9. The summed E-state index contributed by atoms with van der Waals surface area (Å²) in [5, 5.41) is 0. The monoisotopic (exact) mass is 210 g/mol. The van der Waals surface area contributed by atoms with Crippen molar-refractivity contribution in [3.05, 3.63) is 0 Å². The summed E-state index contributed by atoms with van der Waals surface area (Å²) in [7, 11) is 1.08. The number of hydrogen-bond acceptors (Lipinski definition) is 3. The standard InChI is InChI=1S/C9H16F2O3/c1-4-7(2)14-6-9(10,11)5-8(12)13-3/h7H,4-6H2,1-3H3. The first-order valence-electron chi connectivity index (χ1n) is 4.47. The molecule has 0 rings (SSSR count). The molecule has 5 heteroatoms. The van der Waals surface area contributed by atoms with Gasteiger partial charge in [0.1, 0.15) is 13.0 Å². The third-order valence-corrected chi connectivity index (χ3v) is 1.78. The predicted molar refractivity (Wildman–Crippen MR) is 47.3 cm³/mol. The first-order chi connectivity index (χ1) is 6.41. The van der Waals surface area contributed by atoms with Crippen LogP contribution >= 0.6 is 0 Å². The molecule has 0 aliphatic rings. The number of ether oxygens (including phenoxy) is 2. The summed E-state index contributed by atoms with van der Waals surface area (Å²) in [5.41, 5.74) is 0. The molecule has 0 aromatic rings. The van der Waals surface area contributed by atoms with E-state index in [0.29, 0.717) is 6.42 Å². The topological polar surface area (TPSA) is 35.5 Å². The van der Waals surface area contributed by atoms with E-state index in [-0.39, 0.29) is 6.10 Å². The van der Waals surface area contributed by atoms with Crippen molar-refractivity contribution in [2.75, 3.05) is 13.7 Å². The lowest BCUT2D eigenvalue weighted by atomic mass is 10.2. The van der Waals surface area contributed by atoms with Crippen LogP contribution in [0.2, 0.25) is 0 Å². The van der Waals surface area contributed by atoms with Gasteiger partial charge in [0.2, 0.25) is 0 Å². The minimum absolute atomic E-state index is 0.224. The van der Waals surface area contributed by atoms with Gasteiger partial charge in [0.05, 0.1) is 13.2 Å². The number of esters is 1. The Kier molecular flexibility index (Phi) is 5.60. The van der Waals surface area contributed by atoms with Crippen LogP contribution in [0.25, 0.3) is 0 Å². The second kappa shape index (κ2) is 5.90. The quantitative estimate of drug-likeness (QED) is 0.629. The van der Waals surface area contributed by atoms with Crippen molar-refractivity contribution in [2.24, 2.45) is 0 Å². The Morgan fingerprint density at radius 2 is 2.07 bits per heavy atom. The largest absolute Gasteiger partial charge is 0.469 e. The molecule has 1 unspecified atom stereocenters. The lowest BCUT2D eigenvalue weighted by Gasteiger charge is -2.17. The van der Waals surface area contributed by atoms with Gasteiger partial charge in [0.15, 0.2) is 0 Å². The molecule has 0 saturated heterocycles. The van der Waals surface area contributed by atoms with Crippen molar-refractivity contribution in [3.63, 3.8) is 0 Å². The van der Waals surface area contributed by atoms with Crippen LogP contribution < -0.4 is 0 Å². The summed E-state index contributed by atoms with van der Waals surface area (Å²) in [5.74, 6) is -4.07. The SMILES string of the molecule is CCC(C)OCC(F)(F)CC(=O)OC. The van der Waals surface area contributed by atoms with Crippen LogP contribution in [0.5, 0.6) is 0 Å². The van der Waals surface area contributed by atoms with Crippen LogP contribution in [0.4, 0.5) is 8.78 Å². The molecule has 14 heavy (non-hydrogen) atoms. The van der Waals surface area contributed by atoms with E-state index in [1.165, 1.54) is 0 Å². The molecule has 0 aliphatic heterocycles. The molecular weight excluding hydrogens is 194 g/mol. The molecule has 0 aliphatic carbocycles. The number of hydrogen-bond donors (Lipinski definition) is 0. The summed E-state index contributed by atoms with van der Waals surface area (Å²) in [4.78, 5) is 10.6. The van der Waals surface area contributed by atoms with Gasteiger partial charge >= 0.3 is 5.97 Å². The van der Waals surface area contributed by atoms with Gasteiger partial charge < -0.3 is 9.47 Å². The lowest BCUT2D eigenvalue weighted by molar-refractivity contribution is -0.155. The Labute approximate surface area is 82.4 Å². The Balaban J connectivity index is 3.88. The van der Waals surface area contributed by atoms with Gasteiger partial charge in [-0.2, -0.15) is 0 Å². The zero-order valence-corrected chi connectivity index (χ0v) is 8.68.